The van der Waals surface area contributed by atoms with Gasteiger partial charge in [-0.05, 0) is 12.5 Å². The predicted molar refractivity (Wildman–Crippen MR) is 34.5 cm³/mol. The van der Waals surface area contributed by atoms with Gasteiger partial charge in [0.25, 0.3) is 5.91 Å². The van der Waals surface area contributed by atoms with Crippen LogP contribution in [0.4, 0.5) is 0 Å². The maximum absolute atomic E-state index is 10.8. The summed E-state index contributed by atoms with van der Waals surface area (Å²) >= 11 is 0. The molecule has 1 aliphatic heterocycles. The second kappa shape index (κ2) is 2.64. The van der Waals surface area contributed by atoms with E-state index in [9.17, 15) is 4.79 Å². The van der Waals surface area contributed by atoms with Crippen LogP contribution in [0.15, 0.2) is 12.7 Å². The Bertz CT molecular complexity index is 127. The summed E-state index contributed by atoms with van der Waals surface area (Å²) in [5.74, 6) is -0.0347. The zero-order chi connectivity index (χ0) is 6.69. The number of hydrogen-bond donors (Lipinski definition) is 1. The Morgan fingerprint density at radius 1 is 1.78 bits per heavy atom. The van der Waals surface area contributed by atoms with E-state index in [4.69, 9.17) is 0 Å². The third-order valence-corrected chi connectivity index (χ3v) is 1.30. The van der Waals surface area contributed by atoms with Gasteiger partial charge in [-0.1, -0.05) is 6.58 Å². The summed E-state index contributed by atoms with van der Waals surface area (Å²) in [5, 5.41) is 1.58. The van der Waals surface area contributed by atoms with Gasteiger partial charge in [-0.3, -0.25) is 9.80 Å². The number of carbonyl (C=O) groups excluding carboxylic acids is 1. The van der Waals surface area contributed by atoms with Gasteiger partial charge in [-0.15, -0.1) is 0 Å². The van der Waals surface area contributed by atoms with E-state index in [0.29, 0.717) is 0 Å². The highest BCUT2D eigenvalue weighted by Gasteiger charge is 2.13. The minimum atomic E-state index is -0.0347. The molecule has 0 bridgehead atoms. The van der Waals surface area contributed by atoms with E-state index in [1.54, 1.807) is 5.01 Å². The van der Waals surface area contributed by atoms with Crippen LogP contribution in [0.1, 0.15) is 6.42 Å². The molecule has 1 saturated heterocycles. The molecule has 3 nitrogen and oxygen atoms in total. The van der Waals surface area contributed by atoms with Crippen molar-refractivity contribution in [3.63, 3.8) is 0 Å². The molecule has 1 aliphatic rings. The zero-order valence-corrected chi connectivity index (χ0v) is 5.26. The van der Waals surface area contributed by atoms with Gasteiger partial charge >= 0.3 is 0 Å². The standard InChI is InChI=1S/C6H10N2O/c1-2-6(9)8-5-3-4-7-8/h2,7H,1,3-5H2. The predicted octanol–water partition coefficient (Wildman–Crippen LogP) is -0.0907. The van der Waals surface area contributed by atoms with Crippen molar-refractivity contribution >= 4 is 5.91 Å². The maximum Gasteiger partial charge on any atom is 0.260 e. The van der Waals surface area contributed by atoms with Crippen LogP contribution in [0.5, 0.6) is 0 Å². The maximum atomic E-state index is 10.8. The van der Waals surface area contributed by atoms with Gasteiger partial charge in [0, 0.05) is 13.1 Å². The SMILES string of the molecule is C=CC(=O)N1CCCN1. The van der Waals surface area contributed by atoms with Crippen LogP contribution in [0, 0.1) is 0 Å². The molecule has 0 aromatic carbocycles. The molecule has 0 unspecified atom stereocenters. The number of hydrogen-bond acceptors (Lipinski definition) is 2. The molecule has 1 rings (SSSR count). The number of nitrogens with one attached hydrogen (secondary N) is 1. The van der Waals surface area contributed by atoms with Gasteiger partial charge in [-0.25, -0.2) is 5.43 Å². The first kappa shape index (κ1) is 6.29. The number of amides is 1. The Balaban J connectivity index is 2.41. The number of rotatable bonds is 1. The molecule has 9 heavy (non-hydrogen) atoms. The third kappa shape index (κ3) is 1.29. The Morgan fingerprint density at radius 2 is 2.56 bits per heavy atom. The van der Waals surface area contributed by atoms with Crippen molar-refractivity contribution in [2.75, 3.05) is 13.1 Å². The minimum Gasteiger partial charge on any atom is -0.274 e. The second-order valence-corrected chi connectivity index (χ2v) is 1.96. The molecule has 0 aromatic rings. The zero-order valence-electron chi connectivity index (χ0n) is 5.26. The summed E-state index contributed by atoms with van der Waals surface area (Å²) in [7, 11) is 0. The lowest BCUT2D eigenvalue weighted by molar-refractivity contribution is -0.127. The lowest BCUT2D eigenvalue weighted by Crippen LogP contribution is -2.35. The van der Waals surface area contributed by atoms with Crippen LogP contribution in [0.3, 0.4) is 0 Å². The molecule has 1 fully saturated rings. The lowest BCUT2D eigenvalue weighted by Gasteiger charge is -2.11. The van der Waals surface area contributed by atoms with Crippen LogP contribution in [-0.4, -0.2) is 24.0 Å². The quantitative estimate of drug-likeness (QED) is 0.498. The molecule has 0 radical (unpaired) electrons. The van der Waals surface area contributed by atoms with Gasteiger partial charge in [0.15, 0.2) is 0 Å². The first-order valence-corrected chi connectivity index (χ1v) is 3.02. The molecule has 1 amide bonds. The first-order chi connectivity index (χ1) is 4.34. The first-order valence-electron chi connectivity index (χ1n) is 3.02. The summed E-state index contributed by atoms with van der Waals surface area (Å²) < 4.78 is 0. The van der Waals surface area contributed by atoms with Crippen molar-refractivity contribution in [3.8, 4) is 0 Å². The molecular weight excluding hydrogens is 116 g/mol. The van der Waals surface area contributed by atoms with Gasteiger partial charge in [0.2, 0.25) is 0 Å². The van der Waals surface area contributed by atoms with Crippen LogP contribution < -0.4 is 5.43 Å². The Labute approximate surface area is 54.3 Å². The van der Waals surface area contributed by atoms with Crippen molar-refractivity contribution in [2.45, 2.75) is 6.42 Å². The molecule has 0 aliphatic carbocycles. The van der Waals surface area contributed by atoms with Crippen LogP contribution in [0.25, 0.3) is 0 Å². The molecule has 0 aromatic heterocycles. The summed E-state index contributed by atoms with van der Waals surface area (Å²) in [4.78, 5) is 10.8. The Hall–Kier alpha value is -0.830. The van der Waals surface area contributed by atoms with Gasteiger partial charge < -0.3 is 0 Å². The largest absolute Gasteiger partial charge is 0.274 e. The van der Waals surface area contributed by atoms with E-state index in [1.807, 2.05) is 0 Å². The lowest BCUT2D eigenvalue weighted by atomic mass is 10.4. The molecule has 3 heteroatoms. The molecule has 0 atom stereocenters. The van der Waals surface area contributed by atoms with Crippen molar-refractivity contribution < 1.29 is 4.79 Å². The number of nitrogens with zero attached hydrogens (tertiary/aromatic N) is 1. The average molecular weight is 126 g/mol. The van der Waals surface area contributed by atoms with Gasteiger partial charge in [0.1, 0.15) is 0 Å². The van der Waals surface area contributed by atoms with Crippen LogP contribution in [0.2, 0.25) is 0 Å². The summed E-state index contributed by atoms with van der Waals surface area (Å²) in [6.07, 6.45) is 2.36. The van der Waals surface area contributed by atoms with Crippen LogP contribution >= 0.6 is 0 Å². The molecule has 1 N–H and O–H groups in total. The molecule has 1 heterocycles. The summed E-state index contributed by atoms with van der Waals surface area (Å²) in [6.45, 7) is 5.09. The van der Waals surface area contributed by atoms with Crippen molar-refractivity contribution in [2.24, 2.45) is 0 Å². The minimum absolute atomic E-state index is 0.0347. The summed E-state index contributed by atoms with van der Waals surface area (Å²) in [5.41, 5.74) is 2.92. The number of carbonyl (C=O) groups is 1. The van der Waals surface area contributed by atoms with E-state index in [0.717, 1.165) is 19.5 Å². The van der Waals surface area contributed by atoms with E-state index in [2.05, 4.69) is 12.0 Å². The highest BCUT2D eigenvalue weighted by Crippen LogP contribution is 1.95. The van der Waals surface area contributed by atoms with E-state index >= 15 is 0 Å². The summed E-state index contributed by atoms with van der Waals surface area (Å²) in [6, 6.07) is 0. The van der Waals surface area contributed by atoms with Gasteiger partial charge in [0.05, 0.1) is 0 Å². The Kier molecular flexibility index (Phi) is 1.85. The van der Waals surface area contributed by atoms with Crippen molar-refractivity contribution in [1.82, 2.24) is 10.4 Å². The fraction of sp³-hybridized carbons (Fsp3) is 0.500. The average Bonchev–Trinajstić information content (AvgIpc) is 2.37. The normalized spacial score (nSPS) is 18.0. The van der Waals surface area contributed by atoms with Crippen molar-refractivity contribution in [3.05, 3.63) is 12.7 Å². The second-order valence-electron chi connectivity index (χ2n) is 1.96. The van der Waals surface area contributed by atoms with Gasteiger partial charge in [-0.2, -0.15) is 0 Å². The topological polar surface area (TPSA) is 32.3 Å². The highest BCUT2D eigenvalue weighted by atomic mass is 16.2. The monoisotopic (exact) mass is 126 g/mol. The van der Waals surface area contributed by atoms with E-state index in [1.165, 1.54) is 6.08 Å². The fourth-order valence-corrected chi connectivity index (χ4v) is 0.829. The van der Waals surface area contributed by atoms with E-state index in [-0.39, 0.29) is 5.91 Å². The van der Waals surface area contributed by atoms with Crippen LogP contribution in [-0.2, 0) is 4.79 Å². The fourth-order valence-electron chi connectivity index (χ4n) is 0.829. The molecular formula is C6H10N2O. The molecule has 0 saturated carbocycles. The molecule has 50 valence electrons. The Morgan fingerprint density at radius 3 is 3.00 bits per heavy atom. The highest BCUT2D eigenvalue weighted by molar-refractivity contribution is 5.86. The van der Waals surface area contributed by atoms with Crippen molar-refractivity contribution in [1.29, 1.82) is 0 Å². The van der Waals surface area contributed by atoms with E-state index < -0.39 is 0 Å². The number of hydrazine groups is 1. The third-order valence-electron chi connectivity index (χ3n) is 1.30. The molecule has 0 spiro atoms. The smallest absolute Gasteiger partial charge is 0.260 e.